The van der Waals surface area contributed by atoms with Crippen LogP contribution < -0.4 is 5.32 Å². The first-order chi connectivity index (χ1) is 9.70. The van der Waals surface area contributed by atoms with Gasteiger partial charge in [0.1, 0.15) is 0 Å². The zero-order chi connectivity index (χ0) is 14.4. The normalized spacial score (nSPS) is 15.8. The summed E-state index contributed by atoms with van der Waals surface area (Å²) in [5, 5.41) is 12.0. The zero-order valence-corrected chi connectivity index (χ0v) is 11.5. The second-order valence-corrected chi connectivity index (χ2v) is 4.99. The van der Waals surface area contributed by atoms with E-state index in [-0.39, 0.29) is 25.0 Å². The van der Waals surface area contributed by atoms with Crippen molar-refractivity contribution in [2.75, 3.05) is 18.4 Å². The molecule has 5 heteroatoms. The second kappa shape index (κ2) is 7.05. The number of para-hydroxylation sites is 1. The highest BCUT2D eigenvalue weighted by atomic mass is 16.3. The Bertz CT molecular complexity index is 488. The summed E-state index contributed by atoms with van der Waals surface area (Å²) in [5.41, 5.74) is 1.27. The third-order valence-corrected chi connectivity index (χ3v) is 3.47. The summed E-state index contributed by atoms with van der Waals surface area (Å²) in [6.07, 6.45) is 3.42. The molecule has 0 unspecified atom stereocenters. The molecule has 0 saturated carbocycles. The maximum Gasteiger partial charge on any atom is 0.244 e. The third kappa shape index (κ3) is 3.81. The second-order valence-electron chi connectivity index (χ2n) is 4.99. The number of amides is 2. The van der Waals surface area contributed by atoms with E-state index in [9.17, 15) is 14.7 Å². The number of aliphatic hydroxyl groups excluding tert-OH is 1. The van der Waals surface area contributed by atoms with E-state index in [1.807, 2.05) is 0 Å². The van der Waals surface area contributed by atoms with Crippen LogP contribution in [0.5, 0.6) is 0 Å². The summed E-state index contributed by atoms with van der Waals surface area (Å²) in [6.45, 7) is 0.603. The Morgan fingerprint density at radius 3 is 2.85 bits per heavy atom. The van der Waals surface area contributed by atoms with Crippen LogP contribution in [0.3, 0.4) is 0 Å². The highest BCUT2D eigenvalue weighted by Crippen LogP contribution is 2.15. The lowest BCUT2D eigenvalue weighted by atomic mass is 10.2. The molecule has 20 heavy (non-hydrogen) atoms. The predicted octanol–water partition coefficient (Wildman–Crippen LogP) is 1.52. The SMILES string of the molecule is O=C(CN1CCCCCC1=O)Nc1ccccc1CO. The van der Waals surface area contributed by atoms with Crippen LogP contribution in [-0.2, 0) is 16.2 Å². The van der Waals surface area contributed by atoms with Crippen LogP contribution in [0.1, 0.15) is 31.2 Å². The van der Waals surface area contributed by atoms with Crippen LogP contribution in [-0.4, -0.2) is 34.9 Å². The number of hydrogen-bond acceptors (Lipinski definition) is 3. The minimum atomic E-state index is -0.221. The van der Waals surface area contributed by atoms with Gasteiger partial charge in [0.15, 0.2) is 0 Å². The molecule has 1 aromatic carbocycles. The highest BCUT2D eigenvalue weighted by Gasteiger charge is 2.19. The molecule has 108 valence electrons. The number of nitrogens with zero attached hydrogens (tertiary/aromatic N) is 1. The van der Waals surface area contributed by atoms with Crippen LogP contribution in [0.15, 0.2) is 24.3 Å². The van der Waals surface area contributed by atoms with Crippen LogP contribution in [0.2, 0.25) is 0 Å². The topological polar surface area (TPSA) is 69.6 Å². The van der Waals surface area contributed by atoms with Crippen LogP contribution in [0.25, 0.3) is 0 Å². The molecule has 0 aromatic heterocycles. The molecule has 1 aliphatic heterocycles. The monoisotopic (exact) mass is 276 g/mol. The Labute approximate surface area is 118 Å². The van der Waals surface area contributed by atoms with E-state index in [2.05, 4.69) is 5.32 Å². The van der Waals surface area contributed by atoms with Crippen molar-refractivity contribution in [1.82, 2.24) is 4.90 Å². The fourth-order valence-corrected chi connectivity index (χ4v) is 2.35. The summed E-state index contributed by atoms with van der Waals surface area (Å²) in [4.78, 5) is 25.5. The largest absolute Gasteiger partial charge is 0.392 e. The number of hydrogen-bond donors (Lipinski definition) is 2. The van der Waals surface area contributed by atoms with Gasteiger partial charge in [-0.15, -0.1) is 0 Å². The number of aliphatic hydroxyl groups is 1. The van der Waals surface area contributed by atoms with Gasteiger partial charge in [-0.25, -0.2) is 0 Å². The molecule has 5 nitrogen and oxygen atoms in total. The summed E-state index contributed by atoms with van der Waals surface area (Å²) >= 11 is 0. The Balaban J connectivity index is 1.96. The van der Waals surface area contributed by atoms with Crippen molar-refractivity contribution in [2.45, 2.75) is 32.3 Å². The molecule has 0 spiro atoms. The molecule has 2 N–H and O–H groups in total. The predicted molar refractivity (Wildman–Crippen MR) is 76.0 cm³/mol. The Morgan fingerprint density at radius 2 is 2.05 bits per heavy atom. The van der Waals surface area contributed by atoms with Crippen molar-refractivity contribution < 1.29 is 14.7 Å². The van der Waals surface area contributed by atoms with Crippen molar-refractivity contribution in [2.24, 2.45) is 0 Å². The third-order valence-electron chi connectivity index (χ3n) is 3.47. The standard InChI is InChI=1S/C15H20N2O3/c18-11-12-6-3-4-7-13(12)16-14(19)10-17-9-5-1-2-8-15(17)20/h3-4,6-7,18H,1-2,5,8-11H2,(H,16,19). The smallest absolute Gasteiger partial charge is 0.244 e. The first-order valence-corrected chi connectivity index (χ1v) is 6.97. The van der Waals surface area contributed by atoms with Gasteiger partial charge < -0.3 is 15.3 Å². The molecule has 2 amide bonds. The summed E-state index contributed by atoms with van der Waals surface area (Å²) < 4.78 is 0. The van der Waals surface area contributed by atoms with Gasteiger partial charge in [0, 0.05) is 24.2 Å². The number of anilines is 1. The van der Waals surface area contributed by atoms with Crippen LogP contribution in [0.4, 0.5) is 5.69 Å². The number of likely N-dealkylation sites (tertiary alicyclic amines) is 1. The quantitative estimate of drug-likeness (QED) is 0.876. The van der Waals surface area contributed by atoms with Gasteiger partial charge in [0.2, 0.25) is 11.8 Å². The Kier molecular flexibility index (Phi) is 5.12. The van der Waals surface area contributed by atoms with Crippen molar-refractivity contribution in [3.8, 4) is 0 Å². The number of carbonyl (C=O) groups excluding carboxylic acids is 2. The van der Waals surface area contributed by atoms with E-state index in [4.69, 9.17) is 0 Å². The maximum absolute atomic E-state index is 12.0. The van der Waals surface area contributed by atoms with Gasteiger partial charge in [-0.3, -0.25) is 9.59 Å². The lowest BCUT2D eigenvalue weighted by molar-refractivity contribution is -0.134. The molecule has 1 aliphatic rings. The van der Waals surface area contributed by atoms with Gasteiger partial charge in [-0.05, 0) is 18.9 Å². The molecule has 1 aromatic rings. The van der Waals surface area contributed by atoms with Gasteiger partial charge in [0.25, 0.3) is 0 Å². The number of carbonyl (C=O) groups is 2. The summed E-state index contributed by atoms with van der Waals surface area (Å²) in [6, 6.07) is 7.10. The van der Waals surface area contributed by atoms with Gasteiger partial charge in [0.05, 0.1) is 13.2 Å². The Morgan fingerprint density at radius 1 is 1.25 bits per heavy atom. The first kappa shape index (κ1) is 14.5. The number of nitrogens with one attached hydrogen (secondary N) is 1. The Hall–Kier alpha value is -1.88. The molecule has 1 heterocycles. The molecular weight excluding hydrogens is 256 g/mol. The summed E-state index contributed by atoms with van der Waals surface area (Å²) in [7, 11) is 0. The lowest BCUT2D eigenvalue weighted by Gasteiger charge is -2.20. The van der Waals surface area contributed by atoms with E-state index in [0.717, 1.165) is 19.3 Å². The maximum atomic E-state index is 12.0. The lowest BCUT2D eigenvalue weighted by Crippen LogP contribution is -2.37. The molecular formula is C15H20N2O3. The van der Waals surface area contributed by atoms with E-state index in [0.29, 0.717) is 24.2 Å². The molecule has 0 aliphatic carbocycles. The van der Waals surface area contributed by atoms with E-state index < -0.39 is 0 Å². The average molecular weight is 276 g/mol. The zero-order valence-electron chi connectivity index (χ0n) is 11.5. The molecule has 2 rings (SSSR count). The van der Waals surface area contributed by atoms with Crippen LogP contribution >= 0.6 is 0 Å². The van der Waals surface area contributed by atoms with Crippen molar-refractivity contribution in [3.05, 3.63) is 29.8 Å². The van der Waals surface area contributed by atoms with Crippen LogP contribution in [0, 0.1) is 0 Å². The number of benzene rings is 1. The highest BCUT2D eigenvalue weighted by molar-refractivity contribution is 5.95. The van der Waals surface area contributed by atoms with E-state index in [1.54, 1.807) is 29.2 Å². The van der Waals surface area contributed by atoms with Crippen molar-refractivity contribution in [1.29, 1.82) is 0 Å². The van der Waals surface area contributed by atoms with Gasteiger partial charge >= 0.3 is 0 Å². The van der Waals surface area contributed by atoms with Crippen molar-refractivity contribution in [3.63, 3.8) is 0 Å². The minimum absolute atomic E-state index is 0.0492. The molecule has 1 fully saturated rings. The summed E-state index contributed by atoms with van der Waals surface area (Å²) in [5.74, 6) is -0.172. The molecule has 0 bridgehead atoms. The minimum Gasteiger partial charge on any atom is -0.392 e. The van der Waals surface area contributed by atoms with E-state index in [1.165, 1.54) is 0 Å². The number of rotatable bonds is 4. The molecule has 1 saturated heterocycles. The molecule has 0 atom stereocenters. The van der Waals surface area contributed by atoms with Gasteiger partial charge in [-0.1, -0.05) is 24.6 Å². The average Bonchev–Trinajstić information content (AvgIpc) is 2.65. The van der Waals surface area contributed by atoms with Gasteiger partial charge in [-0.2, -0.15) is 0 Å². The molecule has 0 radical (unpaired) electrons. The first-order valence-electron chi connectivity index (χ1n) is 6.97. The van der Waals surface area contributed by atoms with Crippen molar-refractivity contribution >= 4 is 17.5 Å². The fraction of sp³-hybridized carbons (Fsp3) is 0.467. The van der Waals surface area contributed by atoms with E-state index >= 15 is 0 Å². The fourth-order valence-electron chi connectivity index (χ4n) is 2.35.